The fourth-order valence-electron chi connectivity index (χ4n) is 0.901. The van der Waals surface area contributed by atoms with Crippen molar-refractivity contribution < 1.29 is 0 Å². The van der Waals surface area contributed by atoms with E-state index in [-0.39, 0.29) is 6.29 Å². The minimum atomic E-state index is -0.315. The van der Waals surface area contributed by atoms with Crippen molar-refractivity contribution in [3.05, 3.63) is 12.2 Å². The molecular weight excluding hydrogens is 251 g/mol. The lowest BCUT2D eigenvalue weighted by Gasteiger charge is -2.02. The van der Waals surface area contributed by atoms with E-state index < -0.39 is 0 Å². The second-order valence-corrected chi connectivity index (χ2v) is 10.2. The van der Waals surface area contributed by atoms with Crippen LogP contribution in [-0.2, 0) is 0 Å². The summed E-state index contributed by atoms with van der Waals surface area (Å²) in [7, 11) is 0. The largest absolute Gasteiger partial charge is 0.123 e. The second-order valence-electron chi connectivity index (χ2n) is 2.53. The van der Waals surface area contributed by atoms with Crippen LogP contribution in [0.2, 0.25) is 12.1 Å². The number of hydrogen-bond acceptors (Lipinski definition) is 0. The first kappa shape index (κ1) is 10.7. The third kappa shape index (κ3) is 6.80. The molecule has 1 atom stereocenters. The molecule has 0 saturated carbocycles. The van der Waals surface area contributed by atoms with Gasteiger partial charge in [0, 0.05) is 0 Å². The molecule has 0 aromatic heterocycles. The van der Waals surface area contributed by atoms with E-state index in [1.807, 2.05) is 0 Å². The molecule has 0 spiro atoms. The molecule has 0 aliphatic heterocycles. The zero-order valence-corrected chi connectivity index (χ0v) is 10.3. The van der Waals surface area contributed by atoms with Crippen molar-refractivity contribution in [2.45, 2.75) is 38.8 Å². The standard InChI is InChI=1S/C8H17ISi/c1-3-5-6-8-10(9)7-4-2/h3,5,10H,4,6-8H2,1-2H3/b5-3+. The third-order valence-electron chi connectivity index (χ3n) is 1.48. The van der Waals surface area contributed by atoms with Crippen molar-refractivity contribution in [3.63, 3.8) is 0 Å². The number of halogens is 1. The van der Waals surface area contributed by atoms with E-state index >= 15 is 0 Å². The zero-order chi connectivity index (χ0) is 7.82. The molecule has 0 rings (SSSR count). The molecule has 0 saturated heterocycles. The highest BCUT2D eigenvalue weighted by Gasteiger charge is 2.01. The Balaban J connectivity index is 3.12. The smallest absolute Gasteiger partial charge is 0.110 e. The van der Waals surface area contributed by atoms with Gasteiger partial charge in [-0.25, -0.2) is 0 Å². The molecule has 60 valence electrons. The van der Waals surface area contributed by atoms with Crippen LogP contribution in [0, 0.1) is 0 Å². The highest BCUT2D eigenvalue weighted by molar-refractivity contribution is 14.1. The summed E-state index contributed by atoms with van der Waals surface area (Å²) in [6, 6.07) is 3.00. The molecule has 0 amide bonds. The molecule has 0 heterocycles. The summed E-state index contributed by atoms with van der Waals surface area (Å²) < 4.78 is 0. The highest BCUT2D eigenvalue weighted by Crippen LogP contribution is 2.12. The van der Waals surface area contributed by atoms with Gasteiger partial charge in [0.2, 0.25) is 0 Å². The molecule has 0 fully saturated rings. The van der Waals surface area contributed by atoms with E-state index in [9.17, 15) is 0 Å². The Hall–Kier alpha value is 0.687. The van der Waals surface area contributed by atoms with Gasteiger partial charge in [-0.1, -0.05) is 31.5 Å². The van der Waals surface area contributed by atoms with Crippen molar-refractivity contribution in [2.24, 2.45) is 0 Å². The molecule has 0 N–H and O–H groups in total. The van der Waals surface area contributed by atoms with Crippen molar-refractivity contribution in [1.29, 1.82) is 0 Å². The predicted molar refractivity (Wildman–Crippen MR) is 60.5 cm³/mol. The molecular formula is C8H17ISi. The molecule has 10 heavy (non-hydrogen) atoms. The van der Waals surface area contributed by atoms with E-state index in [1.165, 1.54) is 24.9 Å². The molecule has 0 aromatic carbocycles. The normalized spacial score (nSPS) is 14.3. The van der Waals surface area contributed by atoms with Crippen LogP contribution in [-0.4, -0.2) is 6.29 Å². The molecule has 0 aliphatic carbocycles. The molecule has 0 aromatic rings. The summed E-state index contributed by atoms with van der Waals surface area (Å²) in [6.07, 6.45) is 6.83. The van der Waals surface area contributed by atoms with Gasteiger partial charge >= 0.3 is 0 Å². The first-order chi connectivity index (χ1) is 4.81. The molecule has 1 unspecified atom stereocenters. The monoisotopic (exact) mass is 268 g/mol. The fraction of sp³-hybridized carbons (Fsp3) is 0.750. The van der Waals surface area contributed by atoms with E-state index in [0.717, 1.165) is 0 Å². The average Bonchev–Trinajstić information content (AvgIpc) is 1.89. The summed E-state index contributed by atoms with van der Waals surface area (Å²) >= 11 is 2.69. The van der Waals surface area contributed by atoms with Gasteiger partial charge in [0.1, 0.15) is 6.29 Å². The second kappa shape index (κ2) is 7.79. The molecule has 0 nitrogen and oxygen atoms in total. The van der Waals surface area contributed by atoms with Gasteiger partial charge in [-0.15, -0.1) is 21.8 Å². The van der Waals surface area contributed by atoms with Gasteiger partial charge in [-0.05, 0) is 19.4 Å². The summed E-state index contributed by atoms with van der Waals surface area (Å²) in [5.41, 5.74) is 0. The van der Waals surface area contributed by atoms with Crippen molar-refractivity contribution in [3.8, 4) is 0 Å². The maximum atomic E-state index is 2.69. The van der Waals surface area contributed by atoms with Crippen LogP contribution in [0.5, 0.6) is 0 Å². The van der Waals surface area contributed by atoms with Gasteiger partial charge < -0.3 is 0 Å². The van der Waals surface area contributed by atoms with Gasteiger partial charge in [0.05, 0.1) is 0 Å². The van der Waals surface area contributed by atoms with Crippen LogP contribution < -0.4 is 0 Å². The maximum Gasteiger partial charge on any atom is 0.110 e. The van der Waals surface area contributed by atoms with Crippen molar-refractivity contribution in [2.75, 3.05) is 0 Å². The Morgan fingerprint density at radius 3 is 2.60 bits per heavy atom. The summed E-state index contributed by atoms with van der Waals surface area (Å²) in [6.45, 7) is 4.39. The lowest BCUT2D eigenvalue weighted by Crippen LogP contribution is -1.99. The summed E-state index contributed by atoms with van der Waals surface area (Å²) in [5, 5.41) is 0. The van der Waals surface area contributed by atoms with Crippen molar-refractivity contribution in [1.82, 2.24) is 0 Å². The predicted octanol–water partition coefficient (Wildman–Crippen LogP) is 3.52. The topological polar surface area (TPSA) is 0 Å². The average molecular weight is 268 g/mol. The van der Waals surface area contributed by atoms with E-state index in [0.29, 0.717) is 0 Å². The number of rotatable bonds is 5. The Morgan fingerprint density at radius 1 is 1.40 bits per heavy atom. The lowest BCUT2D eigenvalue weighted by molar-refractivity contribution is 1.05. The Labute approximate surface area is 78.9 Å². The number of hydrogen-bond donors (Lipinski definition) is 0. The van der Waals surface area contributed by atoms with E-state index in [2.05, 4.69) is 47.8 Å². The van der Waals surface area contributed by atoms with Crippen LogP contribution in [0.15, 0.2) is 12.2 Å². The first-order valence-corrected chi connectivity index (χ1v) is 9.87. The van der Waals surface area contributed by atoms with Gasteiger partial charge in [-0.2, -0.15) is 0 Å². The summed E-state index contributed by atoms with van der Waals surface area (Å²) in [4.78, 5) is 0. The minimum absolute atomic E-state index is 0.315. The Kier molecular flexibility index (Phi) is 8.33. The van der Waals surface area contributed by atoms with Crippen molar-refractivity contribution >= 4 is 28.1 Å². The van der Waals surface area contributed by atoms with Crippen LogP contribution >= 0.6 is 21.8 Å². The van der Waals surface area contributed by atoms with E-state index in [4.69, 9.17) is 0 Å². The van der Waals surface area contributed by atoms with Crippen LogP contribution in [0.25, 0.3) is 0 Å². The molecule has 0 radical (unpaired) electrons. The van der Waals surface area contributed by atoms with Crippen LogP contribution in [0.4, 0.5) is 0 Å². The summed E-state index contributed by atoms with van der Waals surface area (Å²) in [5.74, 6) is 0. The van der Waals surface area contributed by atoms with E-state index in [1.54, 1.807) is 0 Å². The van der Waals surface area contributed by atoms with Gasteiger partial charge in [-0.3, -0.25) is 0 Å². The Morgan fingerprint density at radius 2 is 2.10 bits per heavy atom. The van der Waals surface area contributed by atoms with Gasteiger partial charge in [0.25, 0.3) is 0 Å². The maximum absolute atomic E-state index is 2.69. The molecule has 2 heteroatoms. The van der Waals surface area contributed by atoms with Gasteiger partial charge in [0.15, 0.2) is 0 Å². The fourth-order valence-corrected chi connectivity index (χ4v) is 5.32. The molecule has 0 bridgehead atoms. The quantitative estimate of drug-likeness (QED) is 0.310. The molecule has 0 aliphatic rings. The van der Waals surface area contributed by atoms with Crippen LogP contribution in [0.1, 0.15) is 26.7 Å². The van der Waals surface area contributed by atoms with Crippen LogP contribution in [0.3, 0.4) is 0 Å². The minimum Gasteiger partial charge on any atom is -0.123 e. The third-order valence-corrected chi connectivity index (χ3v) is 7.38. The number of allylic oxidation sites excluding steroid dienone is 2. The Bertz CT molecular complexity index is 91.3. The SMILES string of the molecule is C/C=C/CC[SiH](I)CCC. The lowest BCUT2D eigenvalue weighted by atomic mass is 10.4. The highest BCUT2D eigenvalue weighted by atomic mass is 127. The first-order valence-electron chi connectivity index (χ1n) is 4.06. The zero-order valence-electron chi connectivity index (χ0n) is 6.94.